The highest BCUT2D eigenvalue weighted by molar-refractivity contribution is 6.31. The van der Waals surface area contributed by atoms with Gasteiger partial charge in [-0.25, -0.2) is 4.39 Å². The average molecular weight is 390 g/mol. The Morgan fingerprint density at radius 3 is 2.44 bits per heavy atom. The smallest absolute Gasteiger partial charge is 0.317 e. The van der Waals surface area contributed by atoms with Gasteiger partial charge in [-0.15, -0.1) is 0 Å². The van der Waals surface area contributed by atoms with Crippen LogP contribution in [0.3, 0.4) is 0 Å². The molecule has 2 aromatic rings. The molecular weight excluding hydrogens is 369 g/mol. The van der Waals surface area contributed by atoms with E-state index in [-0.39, 0.29) is 6.54 Å². The van der Waals surface area contributed by atoms with Crippen molar-refractivity contribution in [3.63, 3.8) is 0 Å². The topological polar surface area (TPSA) is 55.4 Å². The van der Waals surface area contributed by atoms with Crippen LogP contribution < -0.4 is 5.32 Å². The summed E-state index contributed by atoms with van der Waals surface area (Å²) in [6.45, 7) is -0.159. The molecule has 0 aliphatic heterocycles. The number of benzene rings is 2. The lowest BCUT2D eigenvalue weighted by Crippen LogP contribution is -2.38. The number of esters is 1. The summed E-state index contributed by atoms with van der Waals surface area (Å²) in [5, 5.41) is 3.23. The normalized spacial score (nSPS) is 15.3. The van der Waals surface area contributed by atoms with Gasteiger partial charge in [0.2, 0.25) is 0 Å². The van der Waals surface area contributed by atoms with Crippen LogP contribution in [0.2, 0.25) is 5.02 Å². The molecule has 0 aromatic heterocycles. The highest BCUT2D eigenvalue weighted by Gasteiger charge is 2.45. The molecule has 27 heavy (non-hydrogen) atoms. The molecule has 0 spiro atoms. The van der Waals surface area contributed by atoms with Crippen LogP contribution >= 0.6 is 11.6 Å². The Morgan fingerprint density at radius 2 is 1.74 bits per heavy atom. The van der Waals surface area contributed by atoms with E-state index in [1.165, 1.54) is 6.07 Å². The Labute approximate surface area is 162 Å². The van der Waals surface area contributed by atoms with E-state index in [1.807, 2.05) is 6.07 Å². The number of ether oxygens (including phenoxy) is 1. The third-order valence-electron chi connectivity index (χ3n) is 5.01. The molecule has 1 aliphatic rings. The predicted molar refractivity (Wildman–Crippen MR) is 101 cm³/mol. The summed E-state index contributed by atoms with van der Waals surface area (Å²) >= 11 is 6.05. The highest BCUT2D eigenvalue weighted by Crippen LogP contribution is 2.43. The van der Waals surface area contributed by atoms with Crippen molar-refractivity contribution < 1.29 is 18.7 Å². The van der Waals surface area contributed by atoms with Crippen molar-refractivity contribution in [1.29, 1.82) is 0 Å². The fraction of sp³-hybridized carbons (Fsp3) is 0.333. The van der Waals surface area contributed by atoms with Gasteiger partial charge in [0.05, 0.1) is 5.41 Å². The third kappa shape index (κ3) is 4.30. The highest BCUT2D eigenvalue weighted by atomic mass is 35.5. The van der Waals surface area contributed by atoms with Gasteiger partial charge in [0.1, 0.15) is 5.82 Å². The Hall–Kier alpha value is -2.40. The van der Waals surface area contributed by atoms with E-state index in [9.17, 15) is 14.0 Å². The molecule has 0 bridgehead atoms. The number of halogens is 2. The van der Waals surface area contributed by atoms with E-state index >= 15 is 0 Å². The van der Waals surface area contributed by atoms with Crippen LogP contribution in [0.25, 0.3) is 0 Å². The first-order chi connectivity index (χ1) is 13.0. The van der Waals surface area contributed by atoms with Gasteiger partial charge >= 0.3 is 5.97 Å². The molecule has 0 heterocycles. The second-order valence-corrected chi connectivity index (χ2v) is 7.12. The molecule has 6 heteroatoms. The maximum absolute atomic E-state index is 14.3. The van der Waals surface area contributed by atoms with Crippen LogP contribution in [-0.2, 0) is 26.3 Å². The second-order valence-electron chi connectivity index (χ2n) is 6.71. The second kappa shape index (κ2) is 8.53. The van der Waals surface area contributed by atoms with Crippen molar-refractivity contribution in [2.45, 2.75) is 37.6 Å². The molecule has 1 N–H and O–H groups in total. The molecule has 0 atom stereocenters. The van der Waals surface area contributed by atoms with E-state index in [1.54, 1.807) is 36.4 Å². The van der Waals surface area contributed by atoms with Gasteiger partial charge in [0, 0.05) is 17.1 Å². The minimum absolute atomic E-state index is 0.245. The zero-order chi connectivity index (χ0) is 19.3. The lowest BCUT2D eigenvalue weighted by molar-refractivity contribution is -0.154. The number of amides is 1. The van der Waals surface area contributed by atoms with Gasteiger partial charge in [-0.3, -0.25) is 9.59 Å². The van der Waals surface area contributed by atoms with Crippen LogP contribution in [-0.4, -0.2) is 18.5 Å². The van der Waals surface area contributed by atoms with E-state index in [2.05, 4.69) is 5.32 Å². The van der Waals surface area contributed by atoms with E-state index in [0.717, 1.165) is 18.4 Å². The fourth-order valence-corrected chi connectivity index (χ4v) is 3.77. The van der Waals surface area contributed by atoms with Crippen molar-refractivity contribution in [3.05, 3.63) is 70.5 Å². The number of carbonyl (C=O) groups excluding carboxylic acids is 2. The zero-order valence-corrected chi connectivity index (χ0v) is 15.6. The maximum atomic E-state index is 14.3. The van der Waals surface area contributed by atoms with Gasteiger partial charge in [-0.1, -0.05) is 60.8 Å². The molecule has 3 rings (SSSR count). The molecule has 4 nitrogen and oxygen atoms in total. The number of hydrogen-bond donors (Lipinski definition) is 1. The van der Waals surface area contributed by atoms with Crippen molar-refractivity contribution in [3.8, 4) is 0 Å². The molecule has 1 fully saturated rings. The average Bonchev–Trinajstić information content (AvgIpc) is 3.16. The van der Waals surface area contributed by atoms with Gasteiger partial charge < -0.3 is 10.1 Å². The summed E-state index contributed by atoms with van der Waals surface area (Å²) in [7, 11) is 0. The number of carbonyl (C=O) groups is 2. The predicted octanol–water partition coefficient (Wildman–Crippen LogP) is 4.15. The van der Waals surface area contributed by atoms with Crippen LogP contribution in [0.5, 0.6) is 0 Å². The van der Waals surface area contributed by atoms with Gasteiger partial charge in [-0.05, 0) is 30.5 Å². The summed E-state index contributed by atoms with van der Waals surface area (Å²) in [5.74, 6) is -1.39. The SMILES string of the molecule is O=C(COC(=O)C1(c2ccccc2F)CCCC1)NCc1ccccc1Cl. The molecule has 0 saturated heterocycles. The standard InChI is InChI=1S/C21H21ClFNO3/c22-17-9-3-1-7-15(17)13-24-19(25)14-27-20(26)21(11-5-6-12-21)16-8-2-4-10-18(16)23/h1-4,7-10H,5-6,11-14H2,(H,24,25). The number of nitrogens with one attached hydrogen (secondary N) is 1. The van der Waals surface area contributed by atoms with Gasteiger partial charge in [-0.2, -0.15) is 0 Å². The van der Waals surface area contributed by atoms with Crippen LogP contribution in [0.15, 0.2) is 48.5 Å². The first kappa shape index (κ1) is 19.4. The number of rotatable bonds is 6. The Bertz CT molecular complexity index is 834. The summed E-state index contributed by atoms with van der Waals surface area (Å²) in [4.78, 5) is 24.8. The largest absolute Gasteiger partial charge is 0.455 e. The van der Waals surface area contributed by atoms with Crippen molar-refractivity contribution in [2.24, 2.45) is 0 Å². The van der Waals surface area contributed by atoms with Gasteiger partial charge in [0.25, 0.3) is 5.91 Å². The Morgan fingerprint density at radius 1 is 1.07 bits per heavy atom. The molecular formula is C21H21ClFNO3. The van der Waals surface area contributed by atoms with Crippen LogP contribution in [0.4, 0.5) is 4.39 Å². The quantitative estimate of drug-likeness (QED) is 0.755. The van der Waals surface area contributed by atoms with Gasteiger partial charge in [0.15, 0.2) is 6.61 Å². The minimum atomic E-state index is -1.01. The third-order valence-corrected chi connectivity index (χ3v) is 5.37. The van der Waals surface area contributed by atoms with E-state index in [4.69, 9.17) is 16.3 Å². The summed E-state index contributed by atoms with van der Waals surface area (Å²) < 4.78 is 19.6. The first-order valence-electron chi connectivity index (χ1n) is 8.95. The van der Waals surface area contributed by atoms with Crippen molar-refractivity contribution >= 4 is 23.5 Å². The summed E-state index contributed by atoms with van der Waals surface area (Å²) in [6.07, 6.45) is 2.69. The van der Waals surface area contributed by atoms with Crippen LogP contribution in [0.1, 0.15) is 36.8 Å². The lowest BCUT2D eigenvalue weighted by atomic mass is 9.78. The molecule has 1 aliphatic carbocycles. The minimum Gasteiger partial charge on any atom is -0.455 e. The fourth-order valence-electron chi connectivity index (χ4n) is 3.57. The summed E-state index contributed by atoms with van der Waals surface area (Å²) in [5.41, 5.74) is 0.121. The molecule has 2 aromatic carbocycles. The lowest BCUT2D eigenvalue weighted by Gasteiger charge is -2.27. The molecule has 1 amide bonds. The molecule has 0 unspecified atom stereocenters. The first-order valence-corrected chi connectivity index (χ1v) is 9.33. The van der Waals surface area contributed by atoms with Crippen LogP contribution in [0, 0.1) is 5.82 Å². The number of hydrogen-bond acceptors (Lipinski definition) is 3. The Balaban J connectivity index is 1.61. The van der Waals surface area contributed by atoms with E-state index < -0.39 is 29.7 Å². The summed E-state index contributed by atoms with van der Waals surface area (Å²) in [6, 6.07) is 13.4. The molecule has 1 saturated carbocycles. The molecule has 0 radical (unpaired) electrons. The van der Waals surface area contributed by atoms with Crippen molar-refractivity contribution in [2.75, 3.05) is 6.61 Å². The van der Waals surface area contributed by atoms with Crippen molar-refractivity contribution in [1.82, 2.24) is 5.32 Å². The zero-order valence-electron chi connectivity index (χ0n) is 14.8. The maximum Gasteiger partial charge on any atom is 0.317 e. The Kier molecular flexibility index (Phi) is 6.11. The van der Waals surface area contributed by atoms with E-state index in [0.29, 0.717) is 23.4 Å². The molecule has 142 valence electrons. The monoisotopic (exact) mass is 389 g/mol.